The van der Waals surface area contributed by atoms with E-state index < -0.39 is 11.6 Å². The first-order chi connectivity index (χ1) is 17.0. The van der Waals surface area contributed by atoms with Crippen molar-refractivity contribution in [1.29, 1.82) is 0 Å². The summed E-state index contributed by atoms with van der Waals surface area (Å²) in [5.74, 6) is -0.265. The monoisotopic (exact) mass is 510 g/mol. The van der Waals surface area contributed by atoms with Gasteiger partial charge in [0, 0.05) is 41.6 Å². The Hall–Kier alpha value is -3.65. The van der Waals surface area contributed by atoms with Crippen LogP contribution in [0.1, 0.15) is 56.5 Å². The van der Waals surface area contributed by atoms with Crippen LogP contribution in [-0.4, -0.2) is 33.3 Å². The summed E-state index contributed by atoms with van der Waals surface area (Å²) in [6, 6.07) is 16.9. The second-order valence-corrected chi connectivity index (χ2v) is 9.95. The number of aromatic nitrogens is 1. The Kier molecular flexibility index (Phi) is 8.88. The molecule has 0 aliphatic rings. The summed E-state index contributed by atoms with van der Waals surface area (Å²) < 4.78 is 4.96. The van der Waals surface area contributed by atoms with Gasteiger partial charge in [-0.05, 0) is 39.3 Å². The minimum atomic E-state index is -0.994. The van der Waals surface area contributed by atoms with E-state index in [0.717, 1.165) is 5.56 Å². The fourth-order valence-electron chi connectivity index (χ4n) is 3.68. The Balaban J connectivity index is 1.90. The highest BCUT2D eigenvalue weighted by Gasteiger charge is 2.34. The number of carbonyl (C=O) groups is 3. The third-order valence-corrected chi connectivity index (χ3v) is 5.58. The number of benzene rings is 2. The van der Waals surface area contributed by atoms with Gasteiger partial charge in [-0.2, -0.15) is 0 Å². The maximum Gasteiger partial charge on any atom is 0.247 e. The molecule has 1 aromatic heterocycles. The zero-order valence-electron chi connectivity index (χ0n) is 20.9. The molecule has 9 heteroatoms. The van der Waals surface area contributed by atoms with Gasteiger partial charge < -0.3 is 20.1 Å². The Morgan fingerprint density at radius 1 is 1.03 bits per heavy atom. The molecule has 3 aromatic rings. The average Bonchev–Trinajstić information content (AvgIpc) is 3.22. The lowest BCUT2D eigenvalue weighted by atomic mass is 10.00. The van der Waals surface area contributed by atoms with Crippen LogP contribution >= 0.6 is 11.6 Å². The van der Waals surface area contributed by atoms with Gasteiger partial charge in [-0.25, -0.2) is 0 Å². The van der Waals surface area contributed by atoms with Gasteiger partial charge in [-0.1, -0.05) is 65.3 Å². The minimum absolute atomic E-state index is 0.0911. The largest absolute Gasteiger partial charge is 0.360 e. The summed E-state index contributed by atoms with van der Waals surface area (Å²) in [6.45, 7) is 7.48. The number of hydrogen-bond donors (Lipinski definition) is 2. The van der Waals surface area contributed by atoms with E-state index in [4.69, 9.17) is 16.1 Å². The maximum atomic E-state index is 13.6. The molecule has 3 amide bonds. The van der Waals surface area contributed by atoms with Crippen LogP contribution in [0.3, 0.4) is 0 Å². The first-order valence-corrected chi connectivity index (χ1v) is 12.0. The normalized spacial score (nSPS) is 12.0. The van der Waals surface area contributed by atoms with Crippen molar-refractivity contribution < 1.29 is 18.9 Å². The molecule has 0 spiro atoms. The number of anilines is 1. The van der Waals surface area contributed by atoms with E-state index in [9.17, 15) is 14.4 Å². The van der Waals surface area contributed by atoms with Gasteiger partial charge in [0.2, 0.25) is 17.7 Å². The zero-order chi connectivity index (χ0) is 26.3. The van der Waals surface area contributed by atoms with Gasteiger partial charge in [0.1, 0.15) is 11.8 Å². The Bertz CT molecular complexity index is 1200. The topological polar surface area (TPSA) is 105 Å². The van der Waals surface area contributed by atoms with E-state index in [1.54, 1.807) is 37.3 Å². The molecule has 1 heterocycles. The summed E-state index contributed by atoms with van der Waals surface area (Å²) in [5, 5.41) is 9.70. The molecule has 0 radical (unpaired) electrons. The van der Waals surface area contributed by atoms with Crippen molar-refractivity contribution >= 4 is 35.1 Å². The van der Waals surface area contributed by atoms with Gasteiger partial charge in [-0.15, -0.1) is 0 Å². The molecule has 8 nitrogen and oxygen atoms in total. The van der Waals surface area contributed by atoms with Crippen molar-refractivity contribution in [2.75, 3.05) is 5.32 Å². The van der Waals surface area contributed by atoms with Crippen molar-refractivity contribution in [3.8, 4) is 0 Å². The van der Waals surface area contributed by atoms with Crippen LogP contribution in [-0.2, 0) is 20.9 Å². The smallest absolute Gasteiger partial charge is 0.247 e. The van der Waals surface area contributed by atoms with Crippen LogP contribution in [0.5, 0.6) is 0 Å². The number of rotatable bonds is 9. The first-order valence-electron chi connectivity index (χ1n) is 11.7. The third-order valence-electron chi connectivity index (χ3n) is 5.24. The van der Waals surface area contributed by atoms with Crippen LogP contribution in [0.4, 0.5) is 5.82 Å². The molecule has 3 rings (SSSR count). The van der Waals surface area contributed by atoms with E-state index in [2.05, 4.69) is 15.8 Å². The molecule has 36 heavy (non-hydrogen) atoms. The van der Waals surface area contributed by atoms with Crippen LogP contribution in [0.25, 0.3) is 0 Å². The van der Waals surface area contributed by atoms with Crippen molar-refractivity contribution in [2.24, 2.45) is 0 Å². The number of amides is 3. The number of nitrogens with one attached hydrogen (secondary N) is 2. The molecule has 0 bridgehead atoms. The van der Waals surface area contributed by atoms with Gasteiger partial charge >= 0.3 is 0 Å². The van der Waals surface area contributed by atoms with Crippen molar-refractivity contribution in [3.05, 3.63) is 82.6 Å². The number of nitrogens with zero attached hydrogens (tertiary/aromatic N) is 2. The second kappa shape index (κ2) is 11.9. The minimum Gasteiger partial charge on any atom is -0.360 e. The summed E-state index contributed by atoms with van der Waals surface area (Å²) in [6.07, 6.45) is -0.203. The average molecular weight is 511 g/mol. The molecule has 0 fully saturated rings. The Morgan fingerprint density at radius 2 is 1.69 bits per heavy atom. The van der Waals surface area contributed by atoms with E-state index in [1.165, 1.54) is 4.90 Å². The van der Waals surface area contributed by atoms with E-state index >= 15 is 0 Å². The summed E-state index contributed by atoms with van der Waals surface area (Å²) in [4.78, 5) is 41.1. The molecule has 190 valence electrons. The van der Waals surface area contributed by atoms with Crippen LogP contribution in [0.15, 0.2) is 65.2 Å². The van der Waals surface area contributed by atoms with Crippen LogP contribution < -0.4 is 10.6 Å². The summed E-state index contributed by atoms with van der Waals surface area (Å²) in [5.41, 5.74) is 0.815. The molecule has 0 saturated carbocycles. The van der Waals surface area contributed by atoms with Crippen LogP contribution in [0.2, 0.25) is 5.02 Å². The van der Waals surface area contributed by atoms with E-state index in [0.29, 0.717) is 16.3 Å². The SMILES string of the molecule is Cc1cc(NC(=O)CCC(=O)N(Cc2ccccc2)[C@@H](C(=O)NC(C)(C)C)c2ccccc2Cl)no1. The van der Waals surface area contributed by atoms with Gasteiger partial charge in [-0.3, -0.25) is 14.4 Å². The van der Waals surface area contributed by atoms with Crippen molar-refractivity contribution in [2.45, 2.75) is 58.7 Å². The standard InChI is InChI=1S/C27H31ClN4O4/c1-18-16-22(31-36-18)29-23(33)14-15-24(34)32(17-19-10-6-5-7-11-19)25(26(35)30-27(2,3)4)20-12-8-9-13-21(20)28/h5-13,16,25H,14-15,17H2,1-4H3,(H,30,35)(H,29,31,33)/t25-/m1/s1. The fourth-order valence-corrected chi connectivity index (χ4v) is 3.92. The fraction of sp³-hybridized carbons (Fsp3) is 0.333. The third kappa shape index (κ3) is 7.68. The molecule has 2 N–H and O–H groups in total. The number of halogens is 1. The Labute approximate surface area is 216 Å². The second-order valence-electron chi connectivity index (χ2n) is 9.54. The highest BCUT2D eigenvalue weighted by molar-refractivity contribution is 6.31. The predicted molar refractivity (Wildman–Crippen MR) is 138 cm³/mol. The molecule has 0 unspecified atom stereocenters. The van der Waals surface area contributed by atoms with Crippen molar-refractivity contribution in [3.63, 3.8) is 0 Å². The maximum absolute atomic E-state index is 13.6. The number of hydrogen-bond acceptors (Lipinski definition) is 5. The van der Waals surface area contributed by atoms with Gasteiger partial charge in [0.25, 0.3) is 0 Å². The van der Waals surface area contributed by atoms with Crippen molar-refractivity contribution in [1.82, 2.24) is 15.4 Å². The molecule has 0 aliphatic heterocycles. The molecule has 2 aromatic carbocycles. The van der Waals surface area contributed by atoms with Crippen LogP contribution in [0, 0.1) is 6.92 Å². The van der Waals surface area contributed by atoms with Gasteiger partial charge in [0.05, 0.1) is 0 Å². The molecule has 1 atom stereocenters. The molecular formula is C27H31ClN4O4. The van der Waals surface area contributed by atoms with E-state index in [1.807, 2.05) is 51.1 Å². The first kappa shape index (κ1) is 26.9. The number of aryl methyl sites for hydroxylation is 1. The quantitative estimate of drug-likeness (QED) is 0.419. The highest BCUT2D eigenvalue weighted by atomic mass is 35.5. The number of carbonyl (C=O) groups excluding carboxylic acids is 3. The Morgan fingerprint density at radius 3 is 2.31 bits per heavy atom. The lowest BCUT2D eigenvalue weighted by molar-refractivity contribution is -0.142. The molecule has 0 saturated heterocycles. The lowest BCUT2D eigenvalue weighted by Crippen LogP contribution is -2.49. The molecule has 0 aliphatic carbocycles. The summed E-state index contributed by atoms with van der Waals surface area (Å²) in [7, 11) is 0. The zero-order valence-corrected chi connectivity index (χ0v) is 21.6. The van der Waals surface area contributed by atoms with Gasteiger partial charge in [0.15, 0.2) is 5.82 Å². The highest BCUT2D eigenvalue weighted by Crippen LogP contribution is 2.30. The lowest BCUT2D eigenvalue weighted by Gasteiger charge is -2.34. The summed E-state index contributed by atoms with van der Waals surface area (Å²) >= 11 is 6.51. The van der Waals surface area contributed by atoms with E-state index in [-0.39, 0.29) is 42.9 Å². The predicted octanol–water partition coefficient (Wildman–Crippen LogP) is 5.04. The molecular weight excluding hydrogens is 480 g/mol.